The molecule has 1 saturated heterocycles. The first-order chi connectivity index (χ1) is 9.75. The van der Waals surface area contributed by atoms with Gasteiger partial charge in [0.15, 0.2) is 0 Å². The molecular formula is C15H20N2O2S. The molecule has 0 bridgehead atoms. The van der Waals surface area contributed by atoms with Gasteiger partial charge in [-0.1, -0.05) is 42.1 Å². The van der Waals surface area contributed by atoms with Crippen molar-refractivity contribution in [2.45, 2.75) is 19.3 Å². The van der Waals surface area contributed by atoms with Crippen LogP contribution in [0.2, 0.25) is 0 Å². The maximum Gasteiger partial charge on any atom is 0.282 e. The number of unbranched alkanes of at least 4 members (excludes halogenated alkanes) is 1. The first kappa shape index (κ1) is 14.9. The van der Waals surface area contributed by atoms with E-state index < -0.39 is 0 Å². The maximum atomic E-state index is 11.7. The second-order valence-electron chi connectivity index (χ2n) is 4.83. The summed E-state index contributed by atoms with van der Waals surface area (Å²) in [5.74, 6) is 0.740. The van der Waals surface area contributed by atoms with Crippen LogP contribution in [0.5, 0.6) is 0 Å². The molecule has 0 spiro atoms. The first-order valence-electron chi connectivity index (χ1n) is 6.98. The summed E-state index contributed by atoms with van der Waals surface area (Å²) in [5.41, 5.74) is 1.33. The van der Waals surface area contributed by atoms with Gasteiger partial charge < -0.3 is 10.2 Å². The van der Waals surface area contributed by atoms with Crippen molar-refractivity contribution in [1.82, 2.24) is 10.2 Å². The second-order valence-corrected chi connectivity index (χ2v) is 5.87. The molecule has 0 radical (unpaired) electrons. The zero-order valence-corrected chi connectivity index (χ0v) is 12.3. The van der Waals surface area contributed by atoms with Crippen LogP contribution in [0, 0.1) is 0 Å². The number of rotatable bonds is 7. The fraction of sp³-hybridized carbons (Fsp3) is 0.467. The van der Waals surface area contributed by atoms with E-state index in [1.54, 1.807) is 4.90 Å². The van der Waals surface area contributed by atoms with E-state index in [0.29, 0.717) is 13.1 Å². The molecule has 4 nitrogen and oxygen atoms in total. The molecular weight excluding hydrogens is 272 g/mol. The van der Waals surface area contributed by atoms with E-state index in [1.165, 1.54) is 17.3 Å². The van der Waals surface area contributed by atoms with E-state index in [-0.39, 0.29) is 17.7 Å². The molecule has 20 heavy (non-hydrogen) atoms. The van der Waals surface area contributed by atoms with E-state index in [1.807, 2.05) is 18.2 Å². The molecule has 1 aromatic carbocycles. The Kier molecular flexibility index (Phi) is 5.92. The van der Waals surface area contributed by atoms with Gasteiger partial charge in [-0.15, -0.1) is 0 Å². The monoisotopic (exact) mass is 292 g/mol. The van der Waals surface area contributed by atoms with Crippen LogP contribution >= 0.6 is 11.8 Å². The van der Waals surface area contributed by atoms with Crippen LogP contribution in [0.1, 0.15) is 18.4 Å². The van der Waals surface area contributed by atoms with Crippen molar-refractivity contribution in [3.63, 3.8) is 0 Å². The molecule has 0 saturated carbocycles. The molecule has 1 aliphatic rings. The third kappa shape index (κ3) is 4.89. The summed E-state index contributed by atoms with van der Waals surface area (Å²) in [6, 6.07) is 10.3. The number of thioether (sulfide) groups is 1. The lowest BCUT2D eigenvalue weighted by molar-refractivity contribution is -0.121. The molecule has 0 unspecified atom stereocenters. The highest BCUT2D eigenvalue weighted by atomic mass is 32.2. The van der Waals surface area contributed by atoms with Gasteiger partial charge in [-0.3, -0.25) is 9.59 Å². The molecule has 0 aliphatic carbocycles. The van der Waals surface area contributed by atoms with E-state index >= 15 is 0 Å². The van der Waals surface area contributed by atoms with Gasteiger partial charge >= 0.3 is 0 Å². The highest BCUT2D eigenvalue weighted by Gasteiger charge is 2.22. The van der Waals surface area contributed by atoms with E-state index in [0.717, 1.165) is 25.0 Å². The predicted octanol–water partition coefficient (Wildman–Crippen LogP) is 2.29. The number of hydrogen-bond donors (Lipinski definition) is 1. The standard InChI is InChI=1S/C15H20N2O2S/c18-14(12-17-10-11-20-15(17)19)16-9-5-4-8-13-6-2-1-3-7-13/h1-3,6-7H,4-5,8-12H2,(H,16,18). The van der Waals surface area contributed by atoms with Crippen molar-refractivity contribution in [2.75, 3.05) is 25.4 Å². The van der Waals surface area contributed by atoms with E-state index in [4.69, 9.17) is 0 Å². The van der Waals surface area contributed by atoms with Crippen LogP contribution in [-0.4, -0.2) is 41.4 Å². The Morgan fingerprint density at radius 3 is 2.75 bits per heavy atom. The Morgan fingerprint density at radius 1 is 1.25 bits per heavy atom. The van der Waals surface area contributed by atoms with Crippen LogP contribution in [0.3, 0.4) is 0 Å². The SMILES string of the molecule is O=C(CN1CCSC1=O)NCCCCc1ccccc1. The van der Waals surface area contributed by atoms with E-state index in [2.05, 4.69) is 17.4 Å². The molecule has 2 amide bonds. The lowest BCUT2D eigenvalue weighted by Crippen LogP contribution is -2.37. The minimum Gasteiger partial charge on any atom is -0.355 e. The van der Waals surface area contributed by atoms with Gasteiger partial charge in [-0.25, -0.2) is 0 Å². The zero-order chi connectivity index (χ0) is 14.2. The number of carbonyl (C=O) groups excluding carboxylic acids is 2. The second kappa shape index (κ2) is 7.94. The van der Waals surface area contributed by atoms with Gasteiger partial charge in [-0.05, 0) is 24.8 Å². The molecule has 0 atom stereocenters. The van der Waals surface area contributed by atoms with Crippen LogP contribution in [0.25, 0.3) is 0 Å². The van der Waals surface area contributed by atoms with Crippen LogP contribution in [0.4, 0.5) is 4.79 Å². The van der Waals surface area contributed by atoms with Crippen molar-refractivity contribution < 1.29 is 9.59 Å². The fourth-order valence-corrected chi connectivity index (χ4v) is 2.95. The number of amides is 2. The average Bonchev–Trinajstić information content (AvgIpc) is 2.85. The van der Waals surface area contributed by atoms with Crippen molar-refractivity contribution in [3.05, 3.63) is 35.9 Å². The summed E-state index contributed by atoms with van der Waals surface area (Å²) in [7, 11) is 0. The van der Waals surface area contributed by atoms with Crippen molar-refractivity contribution in [1.29, 1.82) is 0 Å². The molecule has 1 aromatic rings. The molecule has 108 valence electrons. The highest BCUT2D eigenvalue weighted by Crippen LogP contribution is 2.16. The molecule has 1 aliphatic heterocycles. The van der Waals surface area contributed by atoms with Gasteiger partial charge in [0.25, 0.3) is 5.24 Å². The summed E-state index contributed by atoms with van der Waals surface area (Å²) in [5, 5.41) is 2.89. The average molecular weight is 292 g/mol. The van der Waals surface area contributed by atoms with Gasteiger partial charge in [0.05, 0.1) is 0 Å². The Bertz CT molecular complexity index is 450. The predicted molar refractivity (Wildman–Crippen MR) is 81.8 cm³/mol. The number of hydrogen-bond acceptors (Lipinski definition) is 3. The van der Waals surface area contributed by atoms with Crippen molar-refractivity contribution in [2.24, 2.45) is 0 Å². The first-order valence-corrected chi connectivity index (χ1v) is 7.96. The molecule has 1 heterocycles. The molecule has 2 rings (SSSR count). The highest BCUT2D eigenvalue weighted by molar-refractivity contribution is 8.13. The maximum absolute atomic E-state index is 11.7. The van der Waals surface area contributed by atoms with Gasteiger partial charge in [-0.2, -0.15) is 0 Å². The van der Waals surface area contributed by atoms with Crippen molar-refractivity contribution >= 4 is 22.9 Å². The smallest absolute Gasteiger partial charge is 0.282 e. The Morgan fingerprint density at radius 2 is 2.05 bits per heavy atom. The number of nitrogens with one attached hydrogen (secondary N) is 1. The van der Waals surface area contributed by atoms with Gasteiger partial charge in [0, 0.05) is 18.8 Å². The number of carbonyl (C=O) groups is 2. The Labute approximate surface area is 123 Å². The summed E-state index contributed by atoms with van der Waals surface area (Å²) in [6.07, 6.45) is 3.06. The Balaban J connectivity index is 1.54. The number of nitrogens with zero attached hydrogens (tertiary/aromatic N) is 1. The summed E-state index contributed by atoms with van der Waals surface area (Å²) >= 11 is 1.28. The largest absolute Gasteiger partial charge is 0.355 e. The van der Waals surface area contributed by atoms with Crippen LogP contribution in [0.15, 0.2) is 30.3 Å². The molecule has 1 N–H and O–H groups in total. The minimum absolute atomic E-state index is 0.0178. The normalized spacial score (nSPS) is 14.6. The van der Waals surface area contributed by atoms with E-state index in [9.17, 15) is 9.59 Å². The molecule has 1 fully saturated rings. The quantitative estimate of drug-likeness (QED) is 0.785. The van der Waals surface area contributed by atoms with Crippen LogP contribution in [-0.2, 0) is 11.2 Å². The molecule has 5 heteroatoms. The van der Waals surface area contributed by atoms with Crippen LogP contribution < -0.4 is 5.32 Å². The number of benzene rings is 1. The van der Waals surface area contributed by atoms with Gasteiger partial charge in [0.1, 0.15) is 6.54 Å². The van der Waals surface area contributed by atoms with Gasteiger partial charge in [0.2, 0.25) is 5.91 Å². The van der Waals surface area contributed by atoms with Crippen molar-refractivity contribution in [3.8, 4) is 0 Å². The Hall–Kier alpha value is -1.49. The molecule has 0 aromatic heterocycles. The lowest BCUT2D eigenvalue weighted by atomic mass is 10.1. The fourth-order valence-electron chi connectivity index (χ4n) is 2.13. The number of aryl methyl sites for hydroxylation is 1. The summed E-state index contributed by atoms with van der Waals surface area (Å²) < 4.78 is 0. The topological polar surface area (TPSA) is 49.4 Å². The minimum atomic E-state index is -0.0550. The third-order valence-corrected chi connectivity index (χ3v) is 4.13. The lowest BCUT2D eigenvalue weighted by Gasteiger charge is -2.13. The summed E-state index contributed by atoms with van der Waals surface area (Å²) in [6.45, 7) is 1.57. The zero-order valence-electron chi connectivity index (χ0n) is 11.5. The third-order valence-electron chi connectivity index (χ3n) is 3.24. The summed E-state index contributed by atoms with van der Waals surface area (Å²) in [4.78, 5) is 24.6.